The van der Waals surface area contributed by atoms with Crippen molar-refractivity contribution in [3.8, 4) is 5.75 Å². The molecular formula is C14H21N3O3. The lowest BCUT2D eigenvalue weighted by atomic mass is 10.1. The minimum atomic E-state index is -0.766. The monoisotopic (exact) mass is 279 g/mol. The molecule has 0 aliphatic heterocycles. The summed E-state index contributed by atoms with van der Waals surface area (Å²) in [6.45, 7) is 3.59. The lowest BCUT2D eigenvalue weighted by Crippen LogP contribution is -2.43. The summed E-state index contributed by atoms with van der Waals surface area (Å²) >= 11 is 0. The molecule has 0 aromatic heterocycles. The van der Waals surface area contributed by atoms with Crippen LogP contribution in [0.25, 0.3) is 0 Å². The number of urea groups is 1. The van der Waals surface area contributed by atoms with Gasteiger partial charge in [0.1, 0.15) is 5.75 Å². The molecule has 0 heterocycles. The largest absolute Gasteiger partial charge is 0.481 e. The highest BCUT2D eigenvalue weighted by Crippen LogP contribution is 2.19. The molecule has 1 rings (SSSR count). The van der Waals surface area contributed by atoms with Crippen LogP contribution >= 0.6 is 0 Å². The SMILES string of the molecule is CC[C@@H](N)c1ccc(OC(C)C(=O)NC(=O)NC)cc1. The highest BCUT2D eigenvalue weighted by molar-refractivity contribution is 5.96. The number of ether oxygens (including phenoxy) is 1. The number of rotatable bonds is 5. The fourth-order valence-electron chi connectivity index (χ4n) is 1.56. The predicted molar refractivity (Wildman–Crippen MR) is 76.3 cm³/mol. The van der Waals surface area contributed by atoms with E-state index in [0.717, 1.165) is 12.0 Å². The molecule has 0 saturated carbocycles. The van der Waals surface area contributed by atoms with Crippen molar-refractivity contribution in [2.75, 3.05) is 7.05 Å². The quantitative estimate of drug-likeness (QED) is 0.757. The van der Waals surface area contributed by atoms with E-state index >= 15 is 0 Å². The molecule has 4 N–H and O–H groups in total. The maximum Gasteiger partial charge on any atom is 0.321 e. The molecule has 0 spiro atoms. The van der Waals surface area contributed by atoms with Crippen molar-refractivity contribution < 1.29 is 14.3 Å². The molecule has 0 aliphatic carbocycles. The zero-order valence-electron chi connectivity index (χ0n) is 12.0. The van der Waals surface area contributed by atoms with Gasteiger partial charge in [0, 0.05) is 13.1 Å². The minimum Gasteiger partial charge on any atom is -0.481 e. The average molecular weight is 279 g/mol. The van der Waals surface area contributed by atoms with Crippen LogP contribution in [0.2, 0.25) is 0 Å². The van der Waals surface area contributed by atoms with Crippen molar-refractivity contribution in [1.29, 1.82) is 0 Å². The zero-order chi connectivity index (χ0) is 15.1. The van der Waals surface area contributed by atoms with Gasteiger partial charge in [-0.1, -0.05) is 19.1 Å². The van der Waals surface area contributed by atoms with Crippen LogP contribution in [0.3, 0.4) is 0 Å². The van der Waals surface area contributed by atoms with Crippen LogP contribution in [0.1, 0.15) is 31.9 Å². The molecule has 3 amide bonds. The van der Waals surface area contributed by atoms with Gasteiger partial charge in [0.05, 0.1) is 0 Å². The Morgan fingerprint density at radius 2 is 1.90 bits per heavy atom. The first kappa shape index (κ1) is 16.0. The van der Waals surface area contributed by atoms with E-state index in [0.29, 0.717) is 5.75 Å². The summed E-state index contributed by atoms with van der Waals surface area (Å²) in [7, 11) is 1.43. The van der Waals surface area contributed by atoms with E-state index in [2.05, 4.69) is 10.6 Å². The normalized spacial score (nSPS) is 13.2. The summed E-state index contributed by atoms with van der Waals surface area (Å²) in [6, 6.07) is 6.69. The first-order valence-electron chi connectivity index (χ1n) is 6.52. The molecule has 1 aromatic carbocycles. The number of imide groups is 1. The van der Waals surface area contributed by atoms with E-state index in [9.17, 15) is 9.59 Å². The molecule has 6 heteroatoms. The number of nitrogens with two attached hydrogens (primary N) is 1. The molecule has 1 aromatic rings. The summed E-state index contributed by atoms with van der Waals surface area (Å²) in [4.78, 5) is 22.6. The Morgan fingerprint density at radius 1 is 1.30 bits per heavy atom. The van der Waals surface area contributed by atoms with Crippen molar-refractivity contribution in [2.24, 2.45) is 5.73 Å². The van der Waals surface area contributed by atoms with Crippen LogP contribution in [0, 0.1) is 0 Å². The summed E-state index contributed by atoms with van der Waals surface area (Å²) in [6.07, 6.45) is 0.0866. The summed E-state index contributed by atoms with van der Waals surface area (Å²) in [5.41, 5.74) is 6.93. The predicted octanol–water partition coefficient (Wildman–Crippen LogP) is 1.32. The second-order valence-electron chi connectivity index (χ2n) is 4.41. The summed E-state index contributed by atoms with van der Waals surface area (Å²) in [5, 5.41) is 4.46. The molecule has 0 bridgehead atoms. The Hall–Kier alpha value is -2.08. The second-order valence-corrected chi connectivity index (χ2v) is 4.41. The number of carbonyl (C=O) groups excluding carboxylic acids is 2. The third kappa shape index (κ3) is 4.55. The van der Waals surface area contributed by atoms with Crippen LogP contribution < -0.4 is 21.1 Å². The lowest BCUT2D eigenvalue weighted by molar-refractivity contribution is -0.126. The molecule has 110 valence electrons. The van der Waals surface area contributed by atoms with Gasteiger partial charge in [0.25, 0.3) is 5.91 Å². The molecule has 20 heavy (non-hydrogen) atoms. The highest BCUT2D eigenvalue weighted by atomic mass is 16.5. The van der Waals surface area contributed by atoms with Gasteiger partial charge in [0.2, 0.25) is 0 Å². The van der Waals surface area contributed by atoms with Crippen molar-refractivity contribution >= 4 is 11.9 Å². The Labute approximate surface area is 118 Å². The van der Waals surface area contributed by atoms with Gasteiger partial charge in [-0.15, -0.1) is 0 Å². The van der Waals surface area contributed by atoms with Crippen LogP contribution in [-0.2, 0) is 4.79 Å². The Morgan fingerprint density at radius 3 is 2.40 bits per heavy atom. The van der Waals surface area contributed by atoms with Crippen molar-refractivity contribution in [3.63, 3.8) is 0 Å². The van der Waals surface area contributed by atoms with Crippen LogP contribution in [0.5, 0.6) is 5.75 Å². The van der Waals surface area contributed by atoms with E-state index in [-0.39, 0.29) is 6.04 Å². The van der Waals surface area contributed by atoms with Gasteiger partial charge >= 0.3 is 6.03 Å². The third-order valence-electron chi connectivity index (χ3n) is 2.89. The van der Waals surface area contributed by atoms with Crippen molar-refractivity contribution in [2.45, 2.75) is 32.4 Å². The first-order chi connectivity index (χ1) is 9.47. The number of hydrogen-bond donors (Lipinski definition) is 3. The molecule has 2 atom stereocenters. The first-order valence-corrected chi connectivity index (χ1v) is 6.52. The lowest BCUT2D eigenvalue weighted by Gasteiger charge is -2.15. The van der Waals surface area contributed by atoms with Crippen molar-refractivity contribution in [3.05, 3.63) is 29.8 Å². The molecule has 0 fully saturated rings. The highest BCUT2D eigenvalue weighted by Gasteiger charge is 2.16. The Kier molecular flexibility index (Phi) is 5.99. The average Bonchev–Trinajstić information content (AvgIpc) is 2.46. The van der Waals surface area contributed by atoms with Gasteiger partial charge in [-0.2, -0.15) is 0 Å². The molecular weight excluding hydrogens is 258 g/mol. The third-order valence-corrected chi connectivity index (χ3v) is 2.89. The number of nitrogens with one attached hydrogen (secondary N) is 2. The standard InChI is InChI=1S/C14H21N3O3/c1-4-12(15)10-5-7-11(8-6-10)20-9(2)13(18)17-14(19)16-3/h5-9,12H,4,15H2,1-3H3,(H2,16,17,18,19)/t9?,12-/m1/s1. The molecule has 0 saturated heterocycles. The smallest absolute Gasteiger partial charge is 0.321 e. The summed E-state index contributed by atoms with van der Waals surface area (Å²) in [5.74, 6) is 0.0512. The van der Waals surface area contributed by atoms with Gasteiger partial charge in [0.15, 0.2) is 6.10 Å². The second kappa shape index (κ2) is 7.49. The van der Waals surface area contributed by atoms with Crippen LogP contribution in [0.4, 0.5) is 4.79 Å². The fourth-order valence-corrected chi connectivity index (χ4v) is 1.56. The molecule has 0 radical (unpaired) electrons. The van der Waals surface area contributed by atoms with E-state index in [1.807, 2.05) is 19.1 Å². The van der Waals surface area contributed by atoms with Gasteiger partial charge < -0.3 is 15.8 Å². The van der Waals surface area contributed by atoms with Crippen molar-refractivity contribution in [1.82, 2.24) is 10.6 Å². The van der Waals surface area contributed by atoms with E-state index in [1.165, 1.54) is 7.05 Å². The van der Waals surface area contributed by atoms with Crippen LogP contribution in [0.15, 0.2) is 24.3 Å². The van der Waals surface area contributed by atoms with Gasteiger partial charge in [-0.25, -0.2) is 4.79 Å². The Bertz CT molecular complexity index is 459. The molecule has 0 aliphatic rings. The summed E-state index contributed by atoms with van der Waals surface area (Å²) < 4.78 is 5.46. The topological polar surface area (TPSA) is 93.4 Å². The zero-order valence-corrected chi connectivity index (χ0v) is 12.0. The fraction of sp³-hybridized carbons (Fsp3) is 0.429. The van der Waals surface area contributed by atoms with Gasteiger partial charge in [-0.3, -0.25) is 10.1 Å². The van der Waals surface area contributed by atoms with E-state index < -0.39 is 18.0 Å². The number of amides is 3. The van der Waals surface area contributed by atoms with E-state index in [4.69, 9.17) is 10.5 Å². The number of benzene rings is 1. The minimum absolute atomic E-state index is 0.00183. The maximum absolute atomic E-state index is 11.6. The Balaban J connectivity index is 2.59. The van der Waals surface area contributed by atoms with Gasteiger partial charge in [-0.05, 0) is 31.0 Å². The van der Waals surface area contributed by atoms with Crippen LogP contribution in [-0.4, -0.2) is 25.1 Å². The number of carbonyl (C=O) groups is 2. The number of hydrogen-bond acceptors (Lipinski definition) is 4. The molecule has 6 nitrogen and oxygen atoms in total. The maximum atomic E-state index is 11.6. The van der Waals surface area contributed by atoms with E-state index in [1.54, 1.807) is 19.1 Å². The molecule has 1 unspecified atom stereocenters.